The molecule has 41 heavy (non-hydrogen) atoms. The highest BCUT2D eigenvalue weighted by atomic mass is 32.2. The van der Waals surface area contributed by atoms with Crippen molar-refractivity contribution in [3.63, 3.8) is 0 Å². The highest BCUT2D eigenvalue weighted by Crippen LogP contribution is 2.41. The van der Waals surface area contributed by atoms with Crippen LogP contribution in [0.15, 0.2) is 54.4 Å². The summed E-state index contributed by atoms with van der Waals surface area (Å²) in [5.41, 5.74) is 3.89. The lowest BCUT2D eigenvalue weighted by molar-refractivity contribution is -0.647. The second-order valence-corrected chi connectivity index (χ2v) is 12.5. The summed E-state index contributed by atoms with van der Waals surface area (Å²) in [5, 5.41) is 9.39. The average Bonchev–Trinajstić information content (AvgIpc) is 3.32. The lowest BCUT2D eigenvalue weighted by atomic mass is 10.2. The Labute approximate surface area is 239 Å². The van der Waals surface area contributed by atoms with Gasteiger partial charge in [-0.05, 0) is 49.2 Å². The van der Waals surface area contributed by atoms with Crippen LogP contribution < -0.4 is 14.4 Å². The van der Waals surface area contributed by atoms with Crippen molar-refractivity contribution in [1.82, 2.24) is 4.57 Å². The van der Waals surface area contributed by atoms with E-state index in [4.69, 9.17) is 6.57 Å². The van der Waals surface area contributed by atoms with Crippen molar-refractivity contribution < 1.29 is 30.5 Å². The number of aromatic nitrogens is 2. The van der Waals surface area contributed by atoms with Crippen molar-refractivity contribution in [2.24, 2.45) is 7.05 Å². The van der Waals surface area contributed by atoms with Crippen LogP contribution in [-0.4, -0.2) is 55.6 Å². The topological polar surface area (TPSA) is 158 Å². The lowest BCUT2D eigenvalue weighted by Crippen LogP contribution is -2.31. The molecule has 0 aliphatic carbocycles. The van der Waals surface area contributed by atoms with Crippen LogP contribution in [0.4, 0.5) is 17.1 Å². The summed E-state index contributed by atoms with van der Waals surface area (Å²) < 4.78 is 71.0. The monoisotopic (exact) mass is 595 g/mol. The van der Waals surface area contributed by atoms with Gasteiger partial charge >= 0.3 is 0 Å². The molecule has 12 nitrogen and oxygen atoms in total. The van der Waals surface area contributed by atoms with Crippen LogP contribution in [0.25, 0.3) is 22.0 Å². The first-order chi connectivity index (χ1) is 19.3. The predicted octanol–water partition coefficient (Wildman–Crippen LogP) is 2.57. The van der Waals surface area contributed by atoms with Gasteiger partial charge < -0.3 is 18.9 Å². The highest BCUT2D eigenvalue weighted by Gasteiger charge is 2.29. The molecule has 0 N–H and O–H groups in total. The van der Waals surface area contributed by atoms with E-state index in [1.807, 2.05) is 45.2 Å². The summed E-state index contributed by atoms with van der Waals surface area (Å²) in [6.07, 6.45) is 5.59. The predicted molar refractivity (Wildman–Crippen MR) is 152 cm³/mol. The quantitative estimate of drug-likeness (QED) is 0.195. The number of benzene rings is 2. The summed E-state index contributed by atoms with van der Waals surface area (Å²) in [6.45, 7) is 7.82. The van der Waals surface area contributed by atoms with E-state index in [0.29, 0.717) is 34.1 Å². The van der Waals surface area contributed by atoms with E-state index < -0.39 is 31.7 Å². The normalized spacial score (nSPS) is 14.6. The molecule has 0 spiro atoms. The maximum Gasteiger partial charge on any atom is 0.282 e. The fraction of sp³-hybridized carbons (Fsp3) is 0.296. The number of hydrogen-bond donors (Lipinski definition) is 0. The van der Waals surface area contributed by atoms with Gasteiger partial charge in [-0.1, -0.05) is 12.1 Å². The molecule has 0 saturated heterocycles. The molecule has 4 rings (SSSR count). The van der Waals surface area contributed by atoms with Gasteiger partial charge in [0.2, 0.25) is 0 Å². The van der Waals surface area contributed by atoms with Gasteiger partial charge in [0.1, 0.15) is 5.82 Å². The van der Waals surface area contributed by atoms with Crippen LogP contribution in [0.2, 0.25) is 0 Å². The molecular weight excluding hydrogens is 568 g/mol. The molecule has 2 heterocycles. The van der Waals surface area contributed by atoms with E-state index in [1.54, 1.807) is 42.5 Å². The first-order valence-electron chi connectivity index (χ1n) is 12.5. The van der Waals surface area contributed by atoms with Crippen molar-refractivity contribution in [3.8, 4) is 6.07 Å². The summed E-state index contributed by atoms with van der Waals surface area (Å²) in [7, 11) is -5.11. The molecule has 0 unspecified atom stereocenters. The molecule has 3 aromatic rings. The van der Waals surface area contributed by atoms with Crippen LogP contribution in [0.1, 0.15) is 24.2 Å². The summed E-state index contributed by atoms with van der Waals surface area (Å²) in [4.78, 5) is 7.23. The Bertz CT molecular complexity index is 1860. The molecule has 0 bridgehead atoms. The smallest absolute Gasteiger partial charge is 0.282 e. The molecule has 0 fully saturated rings. The third-order valence-electron chi connectivity index (χ3n) is 6.78. The number of fused-ring (bicyclic) bond motifs is 2. The number of imidazole rings is 1. The molecule has 2 aromatic carbocycles. The minimum atomic E-state index is -4.39. The molecule has 1 aliphatic rings. The van der Waals surface area contributed by atoms with E-state index in [2.05, 4.69) is 10.9 Å². The van der Waals surface area contributed by atoms with Gasteiger partial charge in [0.25, 0.3) is 5.82 Å². The van der Waals surface area contributed by atoms with Crippen molar-refractivity contribution in [1.29, 1.82) is 5.26 Å². The number of anilines is 2. The zero-order chi connectivity index (χ0) is 29.9. The lowest BCUT2D eigenvalue weighted by Gasteiger charge is -2.23. The van der Waals surface area contributed by atoms with Crippen LogP contribution in [-0.2, 0) is 33.8 Å². The summed E-state index contributed by atoms with van der Waals surface area (Å²) >= 11 is 0. The zero-order valence-electron chi connectivity index (χ0n) is 22.4. The number of rotatable bonds is 10. The van der Waals surface area contributed by atoms with E-state index in [-0.39, 0.29) is 25.9 Å². The minimum Gasteiger partial charge on any atom is -0.748 e. The van der Waals surface area contributed by atoms with Crippen molar-refractivity contribution in [2.75, 3.05) is 34.9 Å². The summed E-state index contributed by atoms with van der Waals surface area (Å²) in [5.74, 6) is 0.336. The van der Waals surface area contributed by atoms with E-state index in [9.17, 15) is 31.2 Å². The zero-order valence-corrected chi connectivity index (χ0v) is 24.0. The van der Waals surface area contributed by atoms with Crippen LogP contribution in [0.5, 0.6) is 0 Å². The van der Waals surface area contributed by atoms with Crippen LogP contribution >= 0.6 is 0 Å². The maximum atomic E-state index is 11.2. The number of nitrogens with zero attached hydrogens (tertiary/aromatic N) is 6. The fourth-order valence-electron chi connectivity index (χ4n) is 4.92. The minimum absolute atomic E-state index is 0.0894. The third kappa shape index (κ3) is 6.75. The van der Waals surface area contributed by atoms with Gasteiger partial charge in [-0.2, -0.15) is 5.26 Å². The molecule has 1 aliphatic heterocycles. The van der Waals surface area contributed by atoms with Crippen LogP contribution in [0.3, 0.4) is 0 Å². The fourth-order valence-corrected chi connectivity index (χ4v) is 5.89. The standard InChI is InChI=1S/C27H28N6O6S2/c1-29-21-10-12-23-25(18-21)33(14-6-16-41(37,38)39)27(31(23)3)8-4-7-26-30(2)22-11-9-20(19-28)17-24(22)32(26)13-5-15-40(34,35)36/h4,7-12,17-18H,5-6,13-16H2,2-3H3,(H-,34,35,36,37,38,39)/p-1. The van der Waals surface area contributed by atoms with Gasteiger partial charge in [0.15, 0.2) is 16.7 Å². The largest absolute Gasteiger partial charge is 0.748 e. The molecule has 214 valence electrons. The Morgan fingerprint density at radius 3 is 2.34 bits per heavy atom. The molecule has 0 saturated carbocycles. The maximum absolute atomic E-state index is 11.2. The molecule has 0 atom stereocenters. The number of hydrogen-bond acceptors (Lipinski definition) is 9. The SMILES string of the molecule is [C-]#[N+]c1ccc2c(c1)n(CCCS(=O)(=O)[O-])c(C=CC=C1N(C)c3ccc(C#N)cc3N1CCCS(=O)(=O)[O-])[n+]2C. The van der Waals surface area contributed by atoms with E-state index in [0.717, 1.165) is 11.2 Å². The first kappa shape index (κ1) is 29.8. The average molecular weight is 596 g/mol. The van der Waals surface area contributed by atoms with Gasteiger partial charge in [-0.15, -0.1) is 0 Å². The molecule has 1 aromatic heterocycles. The Hall–Kier alpha value is -4.21. The van der Waals surface area contributed by atoms with Crippen molar-refractivity contribution in [3.05, 3.63) is 77.2 Å². The number of nitriles is 1. The van der Waals surface area contributed by atoms with Gasteiger partial charge in [-0.3, -0.25) is 0 Å². The Morgan fingerprint density at radius 2 is 1.71 bits per heavy atom. The van der Waals surface area contributed by atoms with E-state index >= 15 is 0 Å². The molecule has 0 amide bonds. The van der Waals surface area contributed by atoms with Crippen LogP contribution in [0, 0.1) is 17.9 Å². The third-order valence-corrected chi connectivity index (χ3v) is 8.36. The van der Waals surface area contributed by atoms with Gasteiger partial charge in [0.05, 0.1) is 63.4 Å². The first-order valence-corrected chi connectivity index (χ1v) is 15.7. The number of aryl methyl sites for hydroxylation is 2. The number of allylic oxidation sites excluding steroid dienone is 2. The van der Waals surface area contributed by atoms with Crippen molar-refractivity contribution >= 4 is 54.4 Å². The second kappa shape index (κ2) is 11.7. The Morgan fingerprint density at radius 1 is 1.02 bits per heavy atom. The Kier molecular flexibility index (Phi) is 8.51. The van der Waals surface area contributed by atoms with Gasteiger partial charge in [-0.25, -0.2) is 30.8 Å². The van der Waals surface area contributed by atoms with Gasteiger partial charge in [0, 0.05) is 31.2 Å². The summed E-state index contributed by atoms with van der Waals surface area (Å²) in [6, 6.07) is 12.5. The molecule has 14 heteroatoms. The molecular formula is C27H27N6O6S2-. The molecule has 0 radical (unpaired) electrons. The second-order valence-electron chi connectivity index (χ2n) is 9.49. The van der Waals surface area contributed by atoms with E-state index in [1.165, 1.54) is 0 Å². The highest BCUT2D eigenvalue weighted by molar-refractivity contribution is 7.85. The Balaban J connectivity index is 1.73. The van der Waals surface area contributed by atoms with Crippen molar-refractivity contribution in [2.45, 2.75) is 19.4 Å².